The first kappa shape index (κ1) is 17.8. The number of aliphatic hydroxyl groups is 1. The van der Waals surface area contributed by atoms with Gasteiger partial charge in [0.1, 0.15) is 5.60 Å². The second kappa shape index (κ2) is 7.35. The normalized spacial score (nSPS) is 22.0. The fourth-order valence-electron chi connectivity index (χ4n) is 3.06. The molecule has 1 saturated heterocycles. The number of carbonyl (C=O) groups excluding carboxylic acids is 1. The largest absolute Gasteiger partial charge is 0.444 e. The molecular weight excluding hydrogens is 290 g/mol. The van der Waals surface area contributed by atoms with Gasteiger partial charge in [0.25, 0.3) is 0 Å². The van der Waals surface area contributed by atoms with E-state index in [0.717, 1.165) is 25.7 Å². The lowest BCUT2D eigenvalue weighted by Gasteiger charge is -2.39. The number of likely N-dealkylation sites (tertiary alicyclic amines) is 1. The van der Waals surface area contributed by atoms with Gasteiger partial charge in [-0.25, -0.2) is 4.79 Å². The van der Waals surface area contributed by atoms with Crippen molar-refractivity contribution in [2.45, 2.75) is 64.1 Å². The number of aryl methyl sites for hydroxylation is 1. The predicted molar refractivity (Wildman–Crippen MR) is 91.4 cm³/mol. The lowest BCUT2D eigenvalue weighted by molar-refractivity contribution is -0.0480. The van der Waals surface area contributed by atoms with Crippen molar-refractivity contribution >= 4 is 6.09 Å². The monoisotopic (exact) mass is 319 g/mol. The molecule has 128 valence electrons. The Balaban J connectivity index is 1.84. The van der Waals surface area contributed by atoms with Crippen LogP contribution in [0.4, 0.5) is 4.79 Å². The number of piperidine rings is 1. The predicted octanol–water partition coefficient (Wildman–Crippen LogP) is 3.77. The Morgan fingerprint density at radius 3 is 2.65 bits per heavy atom. The van der Waals surface area contributed by atoms with E-state index in [1.807, 2.05) is 39.0 Å². The summed E-state index contributed by atoms with van der Waals surface area (Å²) in [5.41, 5.74) is 0.0000702. The highest BCUT2D eigenvalue weighted by atomic mass is 16.6. The zero-order chi connectivity index (χ0) is 16.9. The lowest BCUT2D eigenvalue weighted by atomic mass is 9.87. The molecule has 1 fully saturated rings. The van der Waals surface area contributed by atoms with Gasteiger partial charge in [0.05, 0.1) is 12.1 Å². The highest BCUT2D eigenvalue weighted by molar-refractivity contribution is 5.68. The summed E-state index contributed by atoms with van der Waals surface area (Å²) in [6, 6.07) is 10.3. The highest BCUT2D eigenvalue weighted by Crippen LogP contribution is 2.27. The minimum absolute atomic E-state index is 0.321. The van der Waals surface area contributed by atoms with E-state index in [-0.39, 0.29) is 6.09 Å². The van der Waals surface area contributed by atoms with Crippen molar-refractivity contribution in [3.05, 3.63) is 35.9 Å². The van der Waals surface area contributed by atoms with E-state index in [0.29, 0.717) is 19.5 Å². The minimum atomic E-state index is -0.788. The van der Waals surface area contributed by atoms with Gasteiger partial charge in [-0.1, -0.05) is 30.3 Å². The maximum atomic E-state index is 12.2. The smallest absolute Gasteiger partial charge is 0.410 e. The van der Waals surface area contributed by atoms with Gasteiger partial charge in [-0.05, 0) is 58.4 Å². The van der Waals surface area contributed by atoms with Crippen LogP contribution in [0.3, 0.4) is 0 Å². The van der Waals surface area contributed by atoms with E-state index in [9.17, 15) is 9.90 Å². The number of rotatable bonds is 4. The number of ether oxygens (including phenoxy) is 1. The number of hydrogen-bond acceptors (Lipinski definition) is 3. The quantitative estimate of drug-likeness (QED) is 0.919. The summed E-state index contributed by atoms with van der Waals surface area (Å²) in [7, 11) is 0. The molecule has 1 amide bonds. The molecule has 0 saturated carbocycles. The molecule has 2 rings (SSSR count). The fraction of sp³-hybridized carbons (Fsp3) is 0.632. The van der Waals surface area contributed by atoms with E-state index in [4.69, 9.17) is 4.74 Å². The van der Waals surface area contributed by atoms with Crippen LogP contribution in [-0.4, -0.2) is 40.4 Å². The van der Waals surface area contributed by atoms with Crippen molar-refractivity contribution in [1.82, 2.24) is 4.90 Å². The van der Waals surface area contributed by atoms with Gasteiger partial charge in [-0.3, -0.25) is 0 Å². The summed E-state index contributed by atoms with van der Waals surface area (Å²) in [5, 5.41) is 10.8. The van der Waals surface area contributed by atoms with E-state index >= 15 is 0 Å². The van der Waals surface area contributed by atoms with Crippen LogP contribution in [0.2, 0.25) is 0 Å². The number of hydrogen-bond donors (Lipinski definition) is 1. The van der Waals surface area contributed by atoms with Gasteiger partial charge in [-0.2, -0.15) is 0 Å². The number of amides is 1. The molecule has 23 heavy (non-hydrogen) atoms. The van der Waals surface area contributed by atoms with Crippen molar-refractivity contribution in [3.63, 3.8) is 0 Å². The minimum Gasteiger partial charge on any atom is -0.444 e. The summed E-state index contributed by atoms with van der Waals surface area (Å²) in [5.74, 6) is 0. The molecule has 0 radical (unpaired) electrons. The molecule has 1 heterocycles. The van der Waals surface area contributed by atoms with Crippen LogP contribution < -0.4 is 0 Å². The molecule has 0 bridgehead atoms. The van der Waals surface area contributed by atoms with Crippen LogP contribution in [0.5, 0.6) is 0 Å². The third kappa shape index (κ3) is 5.87. The topological polar surface area (TPSA) is 49.8 Å². The molecule has 1 aromatic carbocycles. The molecule has 1 aliphatic rings. The standard InChI is InChI=1S/C19H29NO3/c1-18(2,3)23-17(21)20-14-8-13-19(22,15-20)12-7-11-16-9-5-4-6-10-16/h4-6,9-10,22H,7-8,11-15H2,1-3H3. The molecule has 1 unspecified atom stereocenters. The van der Waals surface area contributed by atoms with E-state index in [1.54, 1.807) is 4.90 Å². The molecule has 1 atom stereocenters. The van der Waals surface area contributed by atoms with Crippen LogP contribution in [0.25, 0.3) is 0 Å². The number of benzene rings is 1. The van der Waals surface area contributed by atoms with Gasteiger partial charge in [0.2, 0.25) is 0 Å². The van der Waals surface area contributed by atoms with E-state index in [1.165, 1.54) is 5.56 Å². The molecule has 4 nitrogen and oxygen atoms in total. The van der Waals surface area contributed by atoms with Crippen molar-refractivity contribution in [2.24, 2.45) is 0 Å². The van der Waals surface area contributed by atoms with Crippen molar-refractivity contribution < 1.29 is 14.6 Å². The Morgan fingerprint density at radius 2 is 2.00 bits per heavy atom. The molecule has 1 aromatic rings. The maximum Gasteiger partial charge on any atom is 0.410 e. The zero-order valence-electron chi connectivity index (χ0n) is 14.5. The average molecular weight is 319 g/mol. The molecule has 0 spiro atoms. The molecule has 0 aliphatic carbocycles. The van der Waals surface area contributed by atoms with Crippen LogP contribution in [0.15, 0.2) is 30.3 Å². The Kier molecular flexibility index (Phi) is 5.69. The first-order valence-corrected chi connectivity index (χ1v) is 8.52. The first-order valence-electron chi connectivity index (χ1n) is 8.52. The highest BCUT2D eigenvalue weighted by Gasteiger charge is 2.36. The Labute approximate surface area is 139 Å². The first-order chi connectivity index (χ1) is 10.8. The van der Waals surface area contributed by atoms with Gasteiger partial charge >= 0.3 is 6.09 Å². The van der Waals surface area contributed by atoms with E-state index in [2.05, 4.69) is 12.1 Å². The average Bonchev–Trinajstić information content (AvgIpc) is 2.46. The second-order valence-corrected chi connectivity index (χ2v) is 7.57. The van der Waals surface area contributed by atoms with Gasteiger partial charge in [0.15, 0.2) is 0 Å². The molecular formula is C19H29NO3. The van der Waals surface area contributed by atoms with Crippen LogP contribution in [0.1, 0.15) is 52.0 Å². The van der Waals surface area contributed by atoms with Gasteiger partial charge in [-0.15, -0.1) is 0 Å². The summed E-state index contributed by atoms with van der Waals surface area (Å²) >= 11 is 0. The van der Waals surface area contributed by atoms with Crippen molar-refractivity contribution in [3.8, 4) is 0 Å². The fourth-order valence-corrected chi connectivity index (χ4v) is 3.06. The SMILES string of the molecule is CC(C)(C)OC(=O)N1CCCC(O)(CCCc2ccccc2)C1. The number of carbonyl (C=O) groups is 1. The third-order valence-electron chi connectivity index (χ3n) is 4.16. The second-order valence-electron chi connectivity index (χ2n) is 7.57. The van der Waals surface area contributed by atoms with Gasteiger partial charge < -0.3 is 14.7 Å². The maximum absolute atomic E-state index is 12.2. The van der Waals surface area contributed by atoms with Crippen molar-refractivity contribution in [2.75, 3.05) is 13.1 Å². The third-order valence-corrected chi connectivity index (χ3v) is 4.16. The van der Waals surface area contributed by atoms with Crippen LogP contribution in [-0.2, 0) is 11.2 Å². The van der Waals surface area contributed by atoms with Crippen LogP contribution >= 0.6 is 0 Å². The molecule has 4 heteroatoms. The molecule has 0 aromatic heterocycles. The number of β-amino-alcohol motifs (C(OH)–C–C–N with tert-alkyl or cyclic N) is 1. The summed E-state index contributed by atoms with van der Waals surface area (Å²) in [6.45, 7) is 6.62. The molecule has 1 aliphatic heterocycles. The van der Waals surface area contributed by atoms with Crippen molar-refractivity contribution in [1.29, 1.82) is 0 Å². The van der Waals surface area contributed by atoms with E-state index < -0.39 is 11.2 Å². The Morgan fingerprint density at radius 1 is 1.30 bits per heavy atom. The molecule has 1 N–H and O–H groups in total. The Bertz CT molecular complexity index is 509. The zero-order valence-corrected chi connectivity index (χ0v) is 14.5. The van der Waals surface area contributed by atoms with Crippen LogP contribution in [0, 0.1) is 0 Å². The lowest BCUT2D eigenvalue weighted by Crippen LogP contribution is -2.51. The van der Waals surface area contributed by atoms with Gasteiger partial charge in [0, 0.05) is 6.54 Å². The summed E-state index contributed by atoms with van der Waals surface area (Å²) in [6.07, 6.45) is 3.83. The summed E-state index contributed by atoms with van der Waals surface area (Å²) in [4.78, 5) is 13.8. The summed E-state index contributed by atoms with van der Waals surface area (Å²) < 4.78 is 5.42. The Hall–Kier alpha value is -1.55. The number of nitrogens with zero attached hydrogens (tertiary/aromatic N) is 1.